The summed E-state index contributed by atoms with van der Waals surface area (Å²) in [6.45, 7) is 10.0. The standard InChI is InChI=1S/C41H53N3O4S/c1-6-7-27-8-12-29(13-9-27)30-16-18-31(19-17-30)34-24-42-38(43-25-34)32-14-10-28(11-15-32)22-33(39(46)44-26(2)40(47)48)23-35(45)36-20-21-37(49-36)41(3,4)5/h10-11,14-15,18,20-21,24-27,29-30,33H,6-9,12-13,16-17,19,22-23H2,1-5H3,(H,44,46)(H,47,48)/t26-,27?,29?,30?,33-/m1/s1. The van der Waals surface area contributed by atoms with Gasteiger partial charge in [-0.3, -0.25) is 14.4 Å². The molecule has 2 aliphatic carbocycles. The Hall–Kier alpha value is -3.65. The van der Waals surface area contributed by atoms with Gasteiger partial charge >= 0.3 is 5.97 Å². The number of amides is 1. The number of carboxylic acids is 1. The molecule has 8 heteroatoms. The summed E-state index contributed by atoms with van der Waals surface area (Å²) in [5.41, 5.74) is 4.12. The van der Waals surface area contributed by atoms with E-state index in [9.17, 15) is 19.5 Å². The van der Waals surface area contributed by atoms with Crippen LogP contribution >= 0.6 is 11.3 Å². The Kier molecular flexibility index (Phi) is 12.2. The van der Waals surface area contributed by atoms with Crippen molar-refractivity contribution in [2.75, 3.05) is 0 Å². The van der Waals surface area contributed by atoms with Crippen LogP contribution in [0, 0.1) is 23.7 Å². The van der Waals surface area contributed by atoms with Crippen LogP contribution in [0.3, 0.4) is 0 Å². The van der Waals surface area contributed by atoms with E-state index in [0.717, 1.165) is 52.2 Å². The molecule has 1 amide bonds. The SMILES string of the molecule is CCCC1CCC(C2CC=C(c3cnc(-c4ccc(C[C@H](CC(=O)c5ccc(C(C)(C)C)s5)C(=O)N[C@H](C)C(=O)O)cc4)nc3)CC2)CC1. The number of aliphatic carboxylic acids is 1. The van der Waals surface area contributed by atoms with Crippen LogP contribution in [0.2, 0.25) is 0 Å². The minimum absolute atomic E-state index is 0.00866. The van der Waals surface area contributed by atoms with Gasteiger partial charge in [-0.2, -0.15) is 0 Å². The number of nitrogens with one attached hydrogen (secondary N) is 1. The van der Waals surface area contributed by atoms with Gasteiger partial charge in [0.05, 0.1) is 4.88 Å². The lowest BCUT2D eigenvalue weighted by molar-refractivity contribution is -0.141. The number of rotatable bonds is 13. The number of hydrogen-bond donors (Lipinski definition) is 2. The number of carbonyl (C=O) groups excluding carboxylic acids is 2. The Morgan fingerprint density at radius 1 is 0.939 bits per heavy atom. The number of allylic oxidation sites excluding steroid dienone is 2. The van der Waals surface area contributed by atoms with E-state index in [0.29, 0.717) is 17.1 Å². The fraction of sp³-hybridized carbons (Fsp3) is 0.537. The van der Waals surface area contributed by atoms with E-state index in [-0.39, 0.29) is 17.6 Å². The number of hydrogen-bond acceptors (Lipinski definition) is 6. The van der Waals surface area contributed by atoms with Crippen molar-refractivity contribution in [3.05, 3.63) is 75.7 Å². The predicted molar refractivity (Wildman–Crippen MR) is 198 cm³/mol. The maximum Gasteiger partial charge on any atom is 0.325 e. The third kappa shape index (κ3) is 9.74. The second-order valence-electron chi connectivity index (χ2n) is 15.3. The lowest BCUT2D eigenvalue weighted by atomic mass is 9.70. The van der Waals surface area contributed by atoms with Crippen LogP contribution in [0.5, 0.6) is 0 Å². The van der Waals surface area contributed by atoms with Gasteiger partial charge in [-0.1, -0.05) is 83.7 Å². The Morgan fingerprint density at radius 3 is 2.20 bits per heavy atom. The highest BCUT2D eigenvalue weighted by atomic mass is 32.1. The molecule has 3 atom stereocenters. The molecule has 0 saturated heterocycles. The van der Waals surface area contributed by atoms with Crippen LogP contribution in [-0.4, -0.2) is 38.8 Å². The second kappa shape index (κ2) is 16.4. The average molecular weight is 684 g/mol. The maximum atomic E-state index is 13.3. The zero-order chi connectivity index (χ0) is 35.1. The third-order valence-electron chi connectivity index (χ3n) is 10.6. The first kappa shape index (κ1) is 36.6. The second-order valence-corrected chi connectivity index (χ2v) is 16.4. The van der Waals surface area contributed by atoms with Crippen molar-refractivity contribution in [2.24, 2.45) is 23.7 Å². The highest BCUT2D eigenvalue weighted by Gasteiger charge is 2.29. The molecule has 1 fully saturated rings. The fourth-order valence-electron chi connectivity index (χ4n) is 7.48. The van der Waals surface area contributed by atoms with Gasteiger partial charge in [-0.15, -0.1) is 11.3 Å². The molecular weight excluding hydrogens is 631 g/mol. The van der Waals surface area contributed by atoms with Crippen molar-refractivity contribution >= 4 is 34.6 Å². The van der Waals surface area contributed by atoms with Gasteiger partial charge in [0, 0.05) is 40.7 Å². The largest absolute Gasteiger partial charge is 0.480 e. The molecule has 2 aromatic heterocycles. The van der Waals surface area contributed by atoms with Crippen LogP contribution in [0.1, 0.15) is 125 Å². The number of aromatic nitrogens is 2. The van der Waals surface area contributed by atoms with E-state index in [1.54, 1.807) is 0 Å². The molecule has 0 spiro atoms. The summed E-state index contributed by atoms with van der Waals surface area (Å²) in [5, 5.41) is 11.9. The average Bonchev–Trinajstić information content (AvgIpc) is 3.61. The Bertz CT molecular complexity index is 1610. The molecule has 0 bridgehead atoms. The van der Waals surface area contributed by atoms with E-state index in [1.165, 1.54) is 68.8 Å². The van der Waals surface area contributed by atoms with Crippen molar-refractivity contribution in [1.29, 1.82) is 0 Å². The van der Waals surface area contributed by atoms with Crippen molar-refractivity contribution in [1.82, 2.24) is 15.3 Å². The normalized spacial score (nSPS) is 21.0. The Labute approximate surface area is 296 Å². The quantitative estimate of drug-likeness (QED) is 0.174. The maximum absolute atomic E-state index is 13.3. The van der Waals surface area contributed by atoms with Gasteiger partial charge < -0.3 is 10.4 Å². The summed E-state index contributed by atoms with van der Waals surface area (Å²) in [6.07, 6.45) is 18.4. The molecule has 1 aromatic carbocycles. The monoisotopic (exact) mass is 683 g/mol. The third-order valence-corrected chi connectivity index (χ3v) is 12.1. The molecule has 1 saturated carbocycles. The minimum Gasteiger partial charge on any atom is -0.480 e. The van der Waals surface area contributed by atoms with Gasteiger partial charge in [0.2, 0.25) is 5.91 Å². The topological polar surface area (TPSA) is 109 Å². The Morgan fingerprint density at radius 2 is 1.63 bits per heavy atom. The molecule has 1 unspecified atom stereocenters. The number of ketones is 1. The number of thiophene rings is 1. The van der Waals surface area contributed by atoms with E-state index < -0.39 is 23.8 Å². The highest BCUT2D eigenvalue weighted by Crippen LogP contribution is 2.42. The summed E-state index contributed by atoms with van der Waals surface area (Å²) >= 11 is 1.45. The zero-order valence-electron chi connectivity index (χ0n) is 29.8. The Balaban J connectivity index is 1.21. The van der Waals surface area contributed by atoms with E-state index in [1.807, 2.05) is 48.8 Å². The smallest absolute Gasteiger partial charge is 0.325 e. The number of nitrogens with zero attached hydrogens (tertiary/aromatic N) is 2. The van der Waals surface area contributed by atoms with Gasteiger partial charge in [-0.05, 0) is 91.9 Å². The number of Topliss-reactive ketones (excluding diaryl/α,β-unsaturated/α-hetero) is 1. The molecule has 49 heavy (non-hydrogen) atoms. The number of carbonyl (C=O) groups is 3. The number of benzene rings is 1. The van der Waals surface area contributed by atoms with E-state index in [4.69, 9.17) is 9.97 Å². The van der Waals surface area contributed by atoms with Crippen LogP contribution in [0.4, 0.5) is 0 Å². The lowest BCUT2D eigenvalue weighted by Gasteiger charge is -2.35. The van der Waals surface area contributed by atoms with E-state index >= 15 is 0 Å². The van der Waals surface area contributed by atoms with Crippen molar-refractivity contribution < 1.29 is 19.5 Å². The van der Waals surface area contributed by atoms with Crippen LogP contribution in [0.25, 0.3) is 17.0 Å². The van der Waals surface area contributed by atoms with Gasteiger partial charge in [-0.25, -0.2) is 9.97 Å². The first-order valence-electron chi connectivity index (χ1n) is 18.2. The summed E-state index contributed by atoms with van der Waals surface area (Å²) in [7, 11) is 0. The number of carboxylic acid groups (broad SMARTS) is 1. The van der Waals surface area contributed by atoms with Gasteiger partial charge in [0.1, 0.15) is 6.04 Å². The molecule has 3 aromatic rings. The lowest BCUT2D eigenvalue weighted by Crippen LogP contribution is -2.42. The summed E-state index contributed by atoms with van der Waals surface area (Å²) < 4.78 is 0. The van der Waals surface area contributed by atoms with Crippen molar-refractivity contribution in [3.63, 3.8) is 0 Å². The first-order chi connectivity index (χ1) is 23.4. The first-order valence-corrected chi connectivity index (χ1v) is 19.0. The molecule has 7 nitrogen and oxygen atoms in total. The molecule has 2 heterocycles. The minimum atomic E-state index is -1.12. The van der Waals surface area contributed by atoms with Gasteiger partial charge in [0.25, 0.3) is 0 Å². The van der Waals surface area contributed by atoms with Crippen LogP contribution < -0.4 is 5.32 Å². The molecule has 2 N–H and O–H groups in total. The molecule has 262 valence electrons. The molecular formula is C41H53N3O4S. The van der Waals surface area contributed by atoms with Crippen molar-refractivity contribution in [2.45, 2.75) is 117 Å². The molecule has 0 radical (unpaired) electrons. The van der Waals surface area contributed by atoms with Crippen molar-refractivity contribution in [3.8, 4) is 11.4 Å². The van der Waals surface area contributed by atoms with E-state index in [2.05, 4.69) is 39.1 Å². The predicted octanol–water partition coefficient (Wildman–Crippen LogP) is 9.31. The summed E-state index contributed by atoms with van der Waals surface area (Å²) in [5.74, 6) is 0.894. The van der Waals surface area contributed by atoms with Crippen LogP contribution in [0.15, 0.2) is 54.9 Å². The molecule has 0 aliphatic heterocycles. The zero-order valence-corrected chi connectivity index (χ0v) is 30.7. The van der Waals surface area contributed by atoms with Gasteiger partial charge in [0.15, 0.2) is 11.6 Å². The summed E-state index contributed by atoms with van der Waals surface area (Å²) in [4.78, 5) is 49.1. The fourth-order valence-corrected chi connectivity index (χ4v) is 8.50. The molecule has 5 rings (SSSR count). The van der Waals surface area contributed by atoms with Crippen LogP contribution in [-0.2, 0) is 21.4 Å². The molecule has 2 aliphatic rings. The summed E-state index contributed by atoms with van der Waals surface area (Å²) in [6, 6.07) is 10.5. The highest BCUT2D eigenvalue weighted by molar-refractivity contribution is 7.14.